The molecule has 1 saturated heterocycles. The van der Waals surface area contributed by atoms with Gasteiger partial charge in [-0.05, 0) is 36.5 Å². The van der Waals surface area contributed by atoms with E-state index < -0.39 is 0 Å². The molecule has 1 saturated carbocycles. The Morgan fingerprint density at radius 1 is 1.38 bits per heavy atom. The van der Waals surface area contributed by atoms with Crippen LogP contribution < -0.4 is 5.32 Å². The third kappa shape index (κ3) is 3.43. The minimum atomic E-state index is -0.308. The maximum absolute atomic E-state index is 12.9. The second-order valence-electron chi connectivity index (χ2n) is 7.23. The van der Waals surface area contributed by atoms with Gasteiger partial charge in [-0.15, -0.1) is 0 Å². The van der Waals surface area contributed by atoms with Gasteiger partial charge in [0.1, 0.15) is 11.5 Å². The Hall–Kier alpha value is -1.95. The number of hydrogen-bond acceptors (Lipinski definition) is 4. The molecule has 1 aromatic rings. The van der Waals surface area contributed by atoms with Crippen LogP contribution in [0.15, 0.2) is 29.4 Å². The summed E-state index contributed by atoms with van der Waals surface area (Å²) in [5.74, 6) is 0.385. The lowest BCUT2D eigenvalue weighted by molar-refractivity contribution is -0.115. The first-order valence-corrected chi connectivity index (χ1v) is 8.62. The highest BCUT2D eigenvalue weighted by molar-refractivity contribution is 6.39. The zero-order chi connectivity index (χ0) is 16.6. The van der Waals surface area contributed by atoms with Crippen molar-refractivity contribution in [3.63, 3.8) is 0 Å². The number of hydrogen-bond donors (Lipinski definition) is 1. The van der Waals surface area contributed by atoms with Gasteiger partial charge < -0.3 is 10.2 Å². The van der Waals surface area contributed by atoms with E-state index >= 15 is 0 Å². The van der Waals surface area contributed by atoms with Gasteiger partial charge in [0.25, 0.3) is 5.91 Å². The molecule has 0 aromatic heterocycles. The predicted molar refractivity (Wildman–Crippen MR) is 87.9 cm³/mol. The van der Waals surface area contributed by atoms with E-state index in [1.165, 1.54) is 25.0 Å². The van der Waals surface area contributed by atoms with Gasteiger partial charge in [0.05, 0.1) is 0 Å². The van der Waals surface area contributed by atoms with Crippen LogP contribution in [0.2, 0.25) is 0 Å². The zero-order valence-electron chi connectivity index (χ0n) is 13.6. The molecule has 6 heteroatoms. The highest BCUT2D eigenvalue weighted by atomic mass is 19.1. The number of carbonyl (C=O) groups excluding carboxylic acids is 1. The number of likely N-dealkylation sites (tertiary alicyclic amines) is 1. The van der Waals surface area contributed by atoms with Gasteiger partial charge in [0, 0.05) is 39.0 Å². The molecule has 5 nitrogen and oxygen atoms in total. The van der Waals surface area contributed by atoms with Crippen LogP contribution in [0.1, 0.15) is 31.2 Å². The van der Waals surface area contributed by atoms with Crippen molar-refractivity contribution in [2.45, 2.75) is 37.8 Å². The monoisotopic (exact) mass is 331 g/mol. The van der Waals surface area contributed by atoms with Crippen LogP contribution >= 0.6 is 0 Å². The summed E-state index contributed by atoms with van der Waals surface area (Å²) < 4.78 is 12.9. The maximum atomic E-state index is 12.9. The molecule has 1 N–H and O–H groups in total. The minimum absolute atomic E-state index is 0.197. The van der Waals surface area contributed by atoms with Gasteiger partial charge >= 0.3 is 0 Å². The fourth-order valence-electron chi connectivity index (χ4n) is 3.50. The van der Waals surface area contributed by atoms with Crippen LogP contribution in [-0.2, 0) is 16.2 Å². The number of benzene rings is 1. The SMILES string of the molecule is O=C(NCc1ccc(F)cc1)C1=NO[C@]2(CCN(CC3CC3)C2)C1. The maximum Gasteiger partial charge on any atom is 0.269 e. The van der Waals surface area contributed by atoms with Crippen LogP contribution in [0.4, 0.5) is 4.39 Å². The Labute approximate surface area is 140 Å². The molecule has 2 aliphatic heterocycles. The molecule has 24 heavy (non-hydrogen) atoms. The van der Waals surface area contributed by atoms with Gasteiger partial charge in [0.2, 0.25) is 0 Å². The first-order valence-electron chi connectivity index (χ1n) is 8.62. The van der Waals surface area contributed by atoms with E-state index in [-0.39, 0.29) is 17.3 Å². The smallest absolute Gasteiger partial charge is 0.269 e. The first kappa shape index (κ1) is 15.6. The van der Waals surface area contributed by atoms with Crippen LogP contribution in [0, 0.1) is 11.7 Å². The van der Waals surface area contributed by atoms with E-state index in [0.717, 1.165) is 37.5 Å². The predicted octanol–water partition coefficient (Wildman–Crippen LogP) is 2.07. The molecule has 0 radical (unpaired) electrons. The zero-order valence-corrected chi connectivity index (χ0v) is 13.6. The number of nitrogens with one attached hydrogen (secondary N) is 1. The second kappa shape index (κ2) is 6.16. The number of halogens is 1. The Kier molecular flexibility index (Phi) is 4.00. The van der Waals surface area contributed by atoms with Crippen molar-refractivity contribution in [2.75, 3.05) is 19.6 Å². The Bertz CT molecular complexity index is 657. The van der Waals surface area contributed by atoms with Crippen LogP contribution in [0.25, 0.3) is 0 Å². The van der Waals surface area contributed by atoms with E-state index in [1.807, 2.05) is 0 Å². The molecule has 1 amide bonds. The highest BCUT2D eigenvalue weighted by Gasteiger charge is 2.47. The number of oxime groups is 1. The average Bonchev–Trinajstić information content (AvgIpc) is 3.16. The summed E-state index contributed by atoms with van der Waals surface area (Å²) in [6, 6.07) is 6.10. The van der Waals surface area contributed by atoms with Crippen molar-refractivity contribution in [2.24, 2.45) is 11.1 Å². The van der Waals surface area contributed by atoms with E-state index in [2.05, 4.69) is 15.4 Å². The van der Waals surface area contributed by atoms with E-state index in [9.17, 15) is 9.18 Å². The van der Waals surface area contributed by atoms with Gasteiger partial charge in [-0.25, -0.2) is 4.39 Å². The fourth-order valence-corrected chi connectivity index (χ4v) is 3.50. The molecule has 1 spiro atoms. The lowest BCUT2D eigenvalue weighted by Gasteiger charge is -2.21. The molecule has 1 aromatic carbocycles. The summed E-state index contributed by atoms with van der Waals surface area (Å²) in [4.78, 5) is 20.4. The lowest BCUT2D eigenvalue weighted by Crippen LogP contribution is -2.37. The summed E-state index contributed by atoms with van der Waals surface area (Å²) in [7, 11) is 0. The van der Waals surface area contributed by atoms with Crippen molar-refractivity contribution in [1.29, 1.82) is 0 Å². The summed E-state index contributed by atoms with van der Waals surface area (Å²) in [5.41, 5.74) is 1.01. The third-order valence-electron chi connectivity index (χ3n) is 5.08. The van der Waals surface area contributed by atoms with Gasteiger partial charge in [-0.2, -0.15) is 0 Å². The fraction of sp³-hybridized carbons (Fsp3) is 0.556. The molecule has 0 bridgehead atoms. The summed E-state index contributed by atoms with van der Waals surface area (Å²) in [6.45, 7) is 3.40. The normalized spacial score (nSPS) is 26.5. The number of carbonyl (C=O) groups is 1. The van der Waals surface area contributed by atoms with Crippen molar-refractivity contribution in [1.82, 2.24) is 10.2 Å². The van der Waals surface area contributed by atoms with Gasteiger partial charge in [0.15, 0.2) is 5.60 Å². The standard InChI is InChI=1S/C18H22FN3O2/c19-15-5-3-13(4-6-15)10-20-17(23)16-9-18(24-21-16)7-8-22(12-18)11-14-1-2-14/h3-6,14H,1-2,7-12H2,(H,20,23)/t18-/m1/s1. The van der Waals surface area contributed by atoms with E-state index in [1.54, 1.807) is 12.1 Å². The Morgan fingerprint density at radius 2 is 2.17 bits per heavy atom. The van der Waals surface area contributed by atoms with Crippen LogP contribution in [-0.4, -0.2) is 41.8 Å². The van der Waals surface area contributed by atoms with Gasteiger partial charge in [-0.3, -0.25) is 9.69 Å². The average molecular weight is 331 g/mol. The summed E-state index contributed by atoms with van der Waals surface area (Å²) >= 11 is 0. The molecule has 1 atom stereocenters. The number of rotatable bonds is 5. The molecule has 128 valence electrons. The molecule has 3 aliphatic rings. The van der Waals surface area contributed by atoms with Crippen LogP contribution in [0.5, 0.6) is 0 Å². The van der Waals surface area contributed by atoms with E-state index in [0.29, 0.717) is 18.7 Å². The molecule has 2 heterocycles. The second-order valence-corrected chi connectivity index (χ2v) is 7.23. The molecular formula is C18H22FN3O2. The van der Waals surface area contributed by atoms with Gasteiger partial charge in [-0.1, -0.05) is 17.3 Å². The molecule has 1 aliphatic carbocycles. The van der Waals surface area contributed by atoms with Crippen molar-refractivity contribution in [3.05, 3.63) is 35.6 Å². The Morgan fingerprint density at radius 3 is 2.92 bits per heavy atom. The highest BCUT2D eigenvalue weighted by Crippen LogP contribution is 2.37. The van der Waals surface area contributed by atoms with Crippen LogP contribution in [0.3, 0.4) is 0 Å². The molecule has 4 rings (SSSR count). The van der Waals surface area contributed by atoms with Crippen molar-refractivity contribution in [3.8, 4) is 0 Å². The topological polar surface area (TPSA) is 53.9 Å². The molecular weight excluding hydrogens is 309 g/mol. The first-order chi connectivity index (χ1) is 11.6. The van der Waals surface area contributed by atoms with Crippen molar-refractivity contribution < 1.29 is 14.0 Å². The Balaban J connectivity index is 1.28. The third-order valence-corrected chi connectivity index (χ3v) is 5.08. The molecule has 0 unspecified atom stereocenters. The number of amides is 1. The summed E-state index contributed by atoms with van der Waals surface area (Å²) in [5, 5.41) is 6.88. The minimum Gasteiger partial charge on any atom is -0.387 e. The quantitative estimate of drug-likeness (QED) is 0.899. The number of nitrogens with zero attached hydrogens (tertiary/aromatic N) is 2. The lowest BCUT2D eigenvalue weighted by atomic mass is 9.96. The molecule has 2 fully saturated rings. The van der Waals surface area contributed by atoms with E-state index in [4.69, 9.17) is 4.84 Å². The van der Waals surface area contributed by atoms with Crippen molar-refractivity contribution >= 4 is 11.6 Å². The largest absolute Gasteiger partial charge is 0.387 e. The summed E-state index contributed by atoms with van der Waals surface area (Å²) in [6.07, 6.45) is 4.19.